The van der Waals surface area contributed by atoms with Gasteiger partial charge < -0.3 is 9.52 Å². The van der Waals surface area contributed by atoms with Gasteiger partial charge in [0, 0.05) is 25.7 Å². The summed E-state index contributed by atoms with van der Waals surface area (Å²) in [6.45, 7) is 7.84. The monoisotopic (exact) mass is 266 g/mol. The van der Waals surface area contributed by atoms with Crippen molar-refractivity contribution in [1.29, 1.82) is 0 Å². The molecule has 1 aliphatic rings. The molecule has 2 atom stereocenters. The number of carboxylic acids is 1. The lowest BCUT2D eigenvalue weighted by atomic mass is 10.1. The first-order chi connectivity index (χ1) is 9.13. The highest BCUT2D eigenvalue weighted by Crippen LogP contribution is 2.24. The van der Waals surface area contributed by atoms with Crippen LogP contribution in [0.5, 0.6) is 0 Å². The normalized spacial score (nSPS) is 23.4. The molecule has 2 heterocycles. The average Bonchev–Trinajstić information content (AvgIpc) is 2.86. The van der Waals surface area contributed by atoms with Gasteiger partial charge in [0.1, 0.15) is 5.76 Å². The van der Waals surface area contributed by atoms with E-state index in [4.69, 9.17) is 4.42 Å². The maximum atomic E-state index is 11.5. The van der Waals surface area contributed by atoms with E-state index in [9.17, 15) is 9.90 Å². The van der Waals surface area contributed by atoms with Gasteiger partial charge in [0.2, 0.25) is 0 Å². The summed E-state index contributed by atoms with van der Waals surface area (Å²) in [4.78, 5) is 15.9. The second-order valence-electron chi connectivity index (χ2n) is 5.14. The van der Waals surface area contributed by atoms with Crippen LogP contribution in [0.4, 0.5) is 0 Å². The molecule has 1 fully saturated rings. The van der Waals surface area contributed by atoms with Gasteiger partial charge in [-0.25, -0.2) is 0 Å². The quantitative estimate of drug-likeness (QED) is 0.881. The Hall–Kier alpha value is -1.33. The van der Waals surface area contributed by atoms with Crippen LogP contribution >= 0.6 is 0 Å². The molecule has 1 N–H and O–H groups in total. The number of carbonyl (C=O) groups is 1. The molecule has 106 valence electrons. The second-order valence-corrected chi connectivity index (χ2v) is 5.14. The van der Waals surface area contributed by atoms with Crippen LogP contribution in [-0.4, -0.2) is 53.1 Å². The minimum absolute atomic E-state index is 0.380. The third kappa shape index (κ3) is 3.16. The zero-order chi connectivity index (χ0) is 13.8. The molecular formula is C14H22N2O3. The van der Waals surface area contributed by atoms with E-state index in [2.05, 4.69) is 18.7 Å². The van der Waals surface area contributed by atoms with E-state index < -0.39 is 12.0 Å². The number of piperazine rings is 1. The third-order valence-electron chi connectivity index (χ3n) is 3.72. The van der Waals surface area contributed by atoms with Crippen molar-refractivity contribution in [3.63, 3.8) is 0 Å². The SMILES string of the molecule is CCCN1CCN(C(C(=O)O)c2ccco2)CC1C. The molecule has 2 unspecified atom stereocenters. The van der Waals surface area contributed by atoms with Gasteiger partial charge in [-0.3, -0.25) is 14.6 Å². The number of hydrogen-bond acceptors (Lipinski definition) is 4. The van der Waals surface area contributed by atoms with Crippen LogP contribution < -0.4 is 0 Å². The number of carboxylic acid groups (broad SMARTS) is 1. The molecule has 0 spiro atoms. The highest BCUT2D eigenvalue weighted by Gasteiger charge is 2.34. The van der Waals surface area contributed by atoms with Crippen LogP contribution in [0.3, 0.4) is 0 Å². The fourth-order valence-corrected chi connectivity index (χ4v) is 2.78. The number of hydrogen-bond donors (Lipinski definition) is 1. The van der Waals surface area contributed by atoms with Crippen LogP contribution in [-0.2, 0) is 4.79 Å². The molecule has 1 aliphatic heterocycles. The zero-order valence-corrected chi connectivity index (χ0v) is 11.6. The van der Waals surface area contributed by atoms with Crippen molar-refractivity contribution in [3.05, 3.63) is 24.2 Å². The van der Waals surface area contributed by atoms with E-state index >= 15 is 0 Å². The predicted octanol–water partition coefficient (Wildman–Crippen LogP) is 1.82. The van der Waals surface area contributed by atoms with Crippen molar-refractivity contribution >= 4 is 5.97 Å². The first-order valence-electron chi connectivity index (χ1n) is 6.87. The Bertz CT molecular complexity index is 405. The molecule has 0 aromatic carbocycles. The maximum Gasteiger partial charge on any atom is 0.328 e. The van der Waals surface area contributed by atoms with E-state index in [1.807, 2.05) is 4.90 Å². The number of nitrogens with zero attached hydrogens (tertiary/aromatic N) is 2. The third-order valence-corrected chi connectivity index (χ3v) is 3.72. The maximum absolute atomic E-state index is 11.5. The summed E-state index contributed by atoms with van der Waals surface area (Å²) in [5.74, 6) is -0.324. The van der Waals surface area contributed by atoms with E-state index in [1.54, 1.807) is 12.1 Å². The minimum atomic E-state index is -0.842. The Balaban J connectivity index is 2.07. The largest absolute Gasteiger partial charge is 0.480 e. The molecule has 0 saturated carbocycles. The standard InChI is InChI=1S/C14H22N2O3/c1-3-6-15-7-8-16(10-11(15)2)13(14(17)18)12-5-4-9-19-12/h4-5,9,11,13H,3,6-8,10H2,1-2H3,(H,17,18). The molecule has 1 aromatic heterocycles. The molecular weight excluding hydrogens is 244 g/mol. The Morgan fingerprint density at radius 2 is 2.37 bits per heavy atom. The van der Waals surface area contributed by atoms with Gasteiger partial charge in [-0.15, -0.1) is 0 Å². The van der Waals surface area contributed by atoms with E-state index in [0.29, 0.717) is 11.8 Å². The number of aliphatic carboxylic acids is 1. The predicted molar refractivity (Wildman–Crippen MR) is 72.0 cm³/mol. The highest BCUT2D eigenvalue weighted by atomic mass is 16.4. The Kier molecular flexibility index (Phi) is 4.61. The molecule has 2 rings (SSSR count). The molecule has 0 bridgehead atoms. The van der Waals surface area contributed by atoms with Crippen molar-refractivity contribution in [2.24, 2.45) is 0 Å². The smallest absolute Gasteiger partial charge is 0.328 e. The molecule has 5 nitrogen and oxygen atoms in total. The van der Waals surface area contributed by atoms with Crippen molar-refractivity contribution < 1.29 is 14.3 Å². The first kappa shape index (κ1) is 14.1. The lowest BCUT2D eigenvalue weighted by Crippen LogP contribution is -2.53. The summed E-state index contributed by atoms with van der Waals surface area (Å²) in [6, 6.07) is 3.19. The van der Waals surface area contributed by atoms with Crippen LogP contribution in [0, 0.1) is 0 Å². The number of rotatable bonds is 5. The Morgan fingerprint density at radius 3 is 2.89 bits per heavy atom. The lowest BCUT2D eigenvalue weighted by Gasteiger charge is -2.41. The summed E-state index contributed by atoms with van der Waals surface area (Å²) in [6.07, 6.45) is 2.66. The van der Waals surface area contributed by atoms with Gasteiger partial charge in [-0.05, 0) is 32.0 Å². The van der Waals surface area contributed by atoms with Crippen LogP contribution in [0.1, 0.15) is 32.1 Å². The summed E-state index contributed by atoms with van der Waals surface area (Å²) >= 11 is 0. The van der Waals surface area contributed by atoms with Gasteiger partial charge in [0.05, 0.1) is 6.26 Å². The van der Waals surface area contributed by atoms with E-state index in [1.165, 1.54) is 6.26 Å². The summed E-state index contributed by atoms with van der Waals surface area (Å²) < 4.78 is 5.28. The molecule has 1 aromatic rings. The average molecular weight is 266 g/mol. The minimum Gasteiger partial charge on any atom is -0.480 e. The molecule has 0 amide bonds. The summed E-state index contributed by atoms with van der Waals surface area (Å²) in [5.41, 5.74) is 0. The Morgan fingerprint density at radius 1 is 1.58 bits per heavy atom. The van der Waals surface area contributed by atoms with E-state index in [-0.39, 0.29) is 0 Å². The summed E-state index contributed by atoms with van der Waals surface area (Å²) in [7, 11) is 0. The lowest BCUT2D eigenvalue weighted by molar-refractivity contribution is -0.145. The highest BCUT2D eigenvalue weighted by molar-refractivity contribution is 5.74. The first-order valence-corrected chi connectivity index (χ1v) is 6.87. The van der Waals surface area contributed by atoms with Crippen LogP contribution in [0.2, 0.25) is 0 Å². The fraction of sp³-hybridized carbons (Fsp3) is 0.643. The van der Waals surface area contributed by atoms with Crippen molar-refractivity contribution in [2.45, 2.75) is 32.4 Å². The Labute approximate surface area is 113 Å². The topological polar surface area (TPSA) is 56.9 Å². The van der Waals surface area contributed by atoms with Crippen LogP contribution in [0.15, 0.2) is 22.8 Å². The van der Waals surface area contributed by atoms with Gasteiger partial charge >= 0.3 is 5.97 Å². The molecule has 5 heteroatoms. The molecule has 19 heavy (non-hydrogen) atoms. The number of furan rings is 1. The van der Waals surface area contributed by atoms with E-state index in [0.717, 1.165) is 32.6 Å². The van der Waals surface area contributed by atoms with Gasteiger partial charge in [0.15, 0.2) is 6.04 Å². The van der Waals surface area contributed by atoms with Crippen molar-refractivity contribution in [2.75, 3.05) is 26.2 Å². The fourth-order valence-electron chi connectivity index (χ4n) is 2.78. The summed E-state index contributed by atoms with van der Waals surface area (Å²) in [5, 5.41) is 9.44. The van der Waals surface area contributed by atoms with Gasteiger partial charge in [-0.1, -0.05) is 6.92 Å². The molecule has 0 aliphatic carbocycles. The van der Waals surface area contributed by atoms with Crippen molar-refractivity contribution in [1.82, 2.24) is 9.80 Å². The zero-order valence-electron chi connectivity index (χ0n) is 11.6. The van der Waals surface area contributed by atoms with Gasteiger partial charge in [0.25, 0.3) is 0 Å². The molecule has 1 saturated heterocycles. The van der Waals surface area contributed by atoms with Gasteiger partial charge in [-0.2, -0.15) is 0 Å². The second kappa shape index (κ2) is 6.21. The molecule has 0 radical (unpaired) electrons. The van der Waals surface area contributed by atoms with Crippen molar-refractivity contribution in [3.8, 4) is 0 Å². The van der Waals surface area contributed by atoms with Crippen LogP contribution in [0.25, 0.3) is 0 Å².